The predicted octanol–water partition coefficient (Wildman–Crippen LogP) is 3.08. The maximum absolute atomic E-state index is 13.6. The van der Waals surface area contributed by atoms with E-state index >= 15 is 0 Å². The Balaban J connectivity index is 2.47. The van der Waals surface area contributed by atoms with Crippen molar-refractivity contribution in [1.82, 2.24) is 0 Å². The summed E-state index contributed by atoms with van der Waals surface area (Å²) in [5.74, 6) is -1.90. The van der Waals surface area contributed by atoms with Gasteiger partial charge in [-0.25, -0.2) is 13.6 Å². The fourth-order valence-electron chi connectivity index (χ4n) is 1.72. The molecule has 0 unspecified atom stereocenters. The van der Waals surface area contributed by atoms with Crippen LogP contribution in [0.15, 0.2) is 36.4 Å². The van der Waals surface area contributed by atoms with Gasteiger partial charge in [-0.15, -0.1) is 0 Å². The van der Waals surface area contributed by atoms with Gasteiger partial charge in [-0.3, -0.25) is 0 Å². The molecule has 0 aliphatic carbocycles. The fraction of sp³-hybridized carbons (Fsp3) is 0.0714. The largest absolute Gasteiger partial charge is 0.465 e. The lowest BCUT2D eigenvalue weighted by Crippen LogP contribution is -2.08. The van der Waals surface area contributed by atoms with Gasteiger partial charge in [0.25, 0.3) is 0 Å². The molecule has 0 aliphatic rings. The number of anilines is 3. The number of nitrogens with one attached hydrogen (secondary N) is 1. The molecule has 0 heterocycles. The van der Waals surface area contributed by atoms with Gasteiger partial charge in [-0.1, -0.05) is 6.07 Å². The number of rotatable bonds is 3. The Morgan fingerprint density at radius 2 is 2.00 bits per heavy atom. The number of hydrogen-bond acceptors (Lipinski definition) is 4. The standard InChI is InChI=1S/C14H12F2N2O2/c1-20-14(19)9-3-2-4-11(17)13(9)18-12-7-8(15)5-6-10(12)16/h2-7,18H,17H2,1H3. The van der Waals surface area contributed by atoms with Crippen molar-refractivity contribution in [2.24, 2.45) is 0 Å². The minimum Gasteiger partial charge on any atom is -0.465 e. The number of ether oxygens (including phenoxy) is 1. The topological polar surface area (TPSA) is 64.3 Å². The summed E-state index contributed by atoms with van der Waals surface area (Å²) in [6, 6.07) is 7.52. The van der Waals surface area contributed by atoms with Gasteiger partial charge < -0.3 is 15.8 Å². The van der Waals surface area contributed by atoms with Crippen LogP contribution in [0, 0.1) is 11.6 Å². The van der Waals surface area contributed by atoms with Gasteiger partial charge in [-0.2, -0.15) is 0 Å². The molecule has 0 amide bonds. The van der Waals surface area contributed by atoms with Gasteiger partial charge in [0.2, 0.25) is 0 Å². The third-order valence-electron chi connectivity index (χ3n) is 2.69. The number of halogens is 2. The van der Waals surface area contributed by atoms with Crippen molar-refractivity contribution in [3.05, 3.63) is 53.6 Å². The second kappa shape index (κ2) is 5.56. The third-order valence-corrected chi connectivity index (χ3v) is 2.69. The Morgan fingerprint density at radius 3 is 2.70 bits per heavy atom. The Bertz CT molecular complexity index is 660. The van der Waals surface area contributed by atoms with Gasteiger partial charge in [0.1, 0.15) is 11.6 Å². The number of carbonyl (C=O) groups is 1. The van der Waals surface area contributed by atoms with Gasteiger partial charge in [0.15, 0.2) is 0 Å². The van der Waals surface area contributed by atoms with E-state index in [2.05, 4.69) is 10.1 Å². The number of nitrogen functional groups attached to an aromatic ring is 1. The van der Waals surface area contributed by atoms with Crippen molar-refractivity contribution in [2.75, 3.05) is 18.2 Å². The molecule has 4 nitrogen and oxygen atoms in total. The maximum Gasteiger partial charge on any atom is 0.340 e. The summed E-state index contributed by atoms with van der Waals surface area (Å²) in [5, 5.41) is 2.62. The number of hydrogen-bond donors (Lipinski definition) is 2. The fourth-order valence-corrected chi connectivity index (χ4v) is 1.72. The third kappa shape index (κ3) is 2.69. The molecule has 0 spiro atoms. The smallest absolute Gasteiger partial charge is 0.340 e. The maximum atomic E-state index is 13.6. The number of carbonyl (C=O) groups excluding carboxylic acids is 1. The van der Waals surface area contributed by atoms with Crippen molar-refractivity contribution in [3.63, 3.8) is 0 Å². The zero-order valence-corrected chi connectivity index (χ0v) is 10.6. The van der Waals surface area contributed by atoms with Crippen LogP contribution in [-0.4, -0.2) is 13.1 Å². The lowest BCUT2D eigenvalue weighted by molar-refractivity contribution is 0.0602. The van der Waals surface area contributed by atoms with Crippen molar-refractivity contribution >= 4 is 23.0 Å². The molecule has 2 aromatic carbocycles. The van der Waals surface area contributed by atoms with E-state index < -0.39 is 17.6 Å². The van der Waals surface area contributed by atoms with Crippen LogP contribution in [0.25, 0.3) is 0 Å². The van der Waals surface area contributed by atoms with E-state index in [1.165, 1.54) is 19.2 Å². The van der Waals surface area contributed by atoms with Crippen LogP contribution in [-0.2, 0) is 4.74 Å². The van der Waals surface area contributed by atoms with Gasteiger partial charge in [0.05, 0.1) is 29.7 Å². The minimum atomic E-state index is -0.662. The normalized spacial score (nSPS) is 10.2. The average molecular weight is 278 g/mol. The summed E-state index contributed by atoms with van der Waals surface area (Å²) < 4.78 is 31.4. The zero-order valence-electron chi connectivity index (χ0n) is 10.6. The molecule has 0 fully saturated rings. The first kappa shape index (κ1) is 13.8. The highest BCUT2D eigenvalue weighted by molar-refractivity contribution is 5.99. The molecular weight excluding hydrogens is 266 g/mol. The summed E-state index contributed by atoms with van der Waals surface area (Å²) in [6.07, 6.45) is 0. The second-order valence-electron chi connectivity index (χ2n) is 4.01. The van der Waals surface area contributed by atoms with E-state index in [0.29, 0.717) is 0 Å². The highest BCUT2D eigenvalue weighted by Crippen LogP contribution is 2.29. The number of benzene rings is 2. The molecule has 3 N–H and O–H groups in total. The highest BCUT2D eigenvalue weighted by Gasteiger charge is 2.15. The molecule has 104 valence electrons. The lowest BCUT2D eigenvalue weighted by atomic mass is 10.1. The molecule has 2 aromatic rings. The molecule has 0 aromatic heterocycles. The van der Waals surface area contributed by atoms with Crippen molar-refractivity contribution < 1.29 is 18.3 Å². The lowest BCUT2D eigenvalue weighted by Gasteiger charge is -2.13. The van der Waals surface area contributed by atoms with Gasteiger partial charge in [-0.05, 0) is 24.3 Å². The van der Waals surface area contributed by atoms with E-state index in [0.717, 1.165) is 18.2 Å². The van der Waals surface area contributed by atoms with Crippen LogP contribution >= 0.6 is 0 Å². The quantitative estimate of drug-likeness (QED) is 0.669. The molecule has 2 rings (SSSR count). The summed E-state index contributed by atoms with van der Waals surface area (Å²) in [7, 11) is 1.22. The molecule has 0 saturated carbocycles. The Labute approximate surface area is 114 Å². The molecule has 0 atom stereocenters. The monoisotopic (exact) mass is 278 g/mol. The van der Waals surface area contributed by atoms with Crippen LogP contribution in [0.5, 0.6) is 0 Å². The molecule has 0 saturated heterocycles. The Kier molecular flexibility index (Phi) is 3.84. The summed E-state index contributed by atoms with van der Waals surface area (Å²) >= 11 is 0. The van der Waals surface area contributed by atoms with Crippen molar-refractivity contribution in [1.29, 1.82) is 0 Å². The summed E-state index contributed by atoms with van der Waals surface area (Å²) in [5.41, 5.74) is 6.17. The van der Waals surface area contributed by atoms with Crippen LogP contribution in [0.3, 0.4) is 0 Å². The number of para-hydroxylation sites is 1. The van der Waals surface area contributed by atoms with Crippen LogP contribution in [0.4, 0.5) is 25.8 Å². The number of nitrogens with two attached hydrogens (primary N) is 1. The van der Waals surface area contributed by atoms with Crippen molar-refractivity contribution in [2.45, 2.75) is 0 Å². The second-order valence-corrected chi connectivity index (χ2v) is 4.01. The number of methoxy groups -OCH3 is 1. The summed E-state index contributed by atoms with van der Waals surface area (Å²) in [6.45, 7) is 0. The molecule has 6 heteroatoms. The SMILES string of the molecule is COC(=O)c1cccc(N)c1Nc1cc(F)ccc1F. The van der Waals surface area contributed by atoms with E-state index in [-0.39, 0.29) is 22.6 Å². The summed E-state index contributed by atoms with van der Waals surface area (Å²) in [4.78, 5) is 11.6. The van der Waals surface area contributed by atoms with Crippen LogP contribution < -0.4 is 11.1 Å². The van der Waals surface area contributed by atoms with Crippen LogP contribution in [0.1, 0.15) is 10.4 Å². The van der Waals surface area contributed by atoms with Gasteiger partial charge in [0, 0.05) is 6.07 Å². The van der Waals surface area contributed by atoms with E-state index in [9.17, 15) is 13.6 Å². The zero-order chi connectivity index (χ0) is 14.7. The first-order chi connectivity index (χ1) is 9.52. The molecule has 0 aliphatic heterocycles. The van der Waals surface area contributed by atoms with E-state index in [1.54, 1.807) is 6.07 Å². The molecule has 0 bridgehead atoms. The van der Waals surface area contributed by atoms with Crippen LogP contribution in [0.2, 0.25) is 0 Å². The van der Waals surface area contributed by atoms with Gasteiger partial charge >= 0.3 is 5.97 Å². The van der Waals surface area contributed by atoms with E-state index in [1.807, 2.05) is 0 Å². The first-order valence-electron chi connectivity index (χ1n) is 5.72. The molecule has 0 radical (unpaired) electrons. The van der Waals surface area contributed by atoms with E-state index in [4.69, 9.17) is 5.73 Å². The molecule has 20 heavy (non-hydrogen) atoms. The van der Waals surface area contributed by atoms with Crippen molar-refractivity contribution in [3.8, 4) is 0 Å². The minimum absolute atomic E-state index is 0.118. The predicted molar refractivity (Wildman–Crippen MR) is 71.8 cm³/mol. The first-order valence-corrected chi connectivity index (χ1v) is 5.72. The Morgan fingerprint density at radius 1 is 1.25 bits per heavy atom. The average Bonchev–Trinajstić information content (AvgIpc) is 2.44. The highest BCUT2D eigenvalue weighted by atomic mass is 19.1. The Hall–Kier alpha value is -2.63. The number of esters is 1. The molecular formula is C14H12F2N2O2.